The fraction of sp³-hybridized carbons (Fsp3) is 0.278. The Bertz CT molecular complexity index is 610. The Labute approximate surface area is 131 Å². The van der Waals surface area contributed by atoms with Crippen molar-refractivity contribution >= 4 is 23.4 Å². The molecule has 0 atom stereocenters. The van der Waals surface area contributed by atoms with Crippen molar-refractivity contribution in [2.75, 3.05) is 17.2 Å². The van der Waals surface area contributed by atoms with Gasteiger partial charge in [-0.1, -0.05) is 35.9 Å². The summed E-state index contributed by atoms with van der Waals surface area (Å²) >= 11 is 1.62. The van der Waals surface area contributed by atoms with E-state index in [0.29, 0.717) is 12.3 Å². The van der Waals surface area contributed by atoms with Crippen LogP contribution in [0.1, 0.15) is 18.1 Å². The van der Waals surface area contributed by atoms with Gasteiger partial charge < -0.3 is 4.90 Å². The van der Waals surface area contributed by atoms with Crippen molar-refractivity contribution in [2.45, 2.75) is 25.7 Å². The molecule has 0 unspecified atom stereocenters. The molecule has 0 bridgehead atoms. The summed E-state index contributed by atoms with van der Waals surface area (Å²) in [6, 6.07) is 16.2. The lowest BCUT2D eigenvalue weighted by atomic mass is 10.2. The minimum atomic E-state index is 0.148. The first kappa shape index (κ1) is 15.6. The van der Waals surface area contributed by atoms with Crippen LogP contribution in [0.15, 0.2) is 53.4 Å². The molecule has 110 valence electrons. The number of anilines is 1. The van der Waals surface area contributed by atoms with Gasteiger partial charge in [0.25, 0.3) is 0 Å². The third-order valence-corrected chi connectivity index (χ3v) is 4.52. The van der Waals surface area contributed by atoms with Crippen molar-refractivity contribution in [1.82, 2.24) is 0 Å². The summed E-state index contributed by atoms with van der Waals surface area (Å²) in [5.74, 6) is 0.613. The number of hydrogen-bond acceptors (Lipinski definition) is 2. The number of benzene rings is 2. The highest BCUT2D eigenvalue weighted by atomic mass is 32.2. The predicted octanol–water partition coefficient (Wildman–Crippen LogP) is 4.45. The van der Waals surface area contributed by atoms with Gasteiger partial charge in [-0.25, -0.2) is 0 Å². The molecular formula is C18H21NOS. The molecule has 21 heavy (non-hydrogen) atoms. The van der Waals surface area contributed by atoms with Gasteiger partial charge in [0.05, 0.1) is 5.75 Å². The molecule has 1 amide bonds. The fourth-order valence-electron chi connectivity index (χ4n) is 2.19. The lowest BCUT2D eigenvalue weighted by Crippen LogP contribution is -2.32. The molecule has 2 aromatic carbocycles. The van der Waals surface area contributed by atoms with Gasteiger partial charge in [-0.05, 0) is 44.5 Å². The molecule has 0 aliphatic carbocycles. The Morgan fingerprint density at radius 3 is 2.48 bits per heavy atom. The summed E-state index contributed by atoms with van der Waals surface area (Å²) in [5.41, 5.74) is 3.42. The van der Waals surface area contributed by atoms with Crippen LogP contribution < -0.4 is 4.90 Å². The maximum Gasteiger partial charge on any atom is 0.237 e. The number of aryl methyl sites for hydroxylation is 2. The molecule has 0 spiro atoms. The van der Waals surface area contributed by atoms with E-state index in [4.69, 9.17) is 0 Å². The number of nitrogens with zero attached hydrogens (tertiary/aromatic N) is 1. The highest BCUT2D eigenvalue weighted by Crippen LogP contribution is 2.24. The number of hydrogen-bond donors (Lipinski definition) is 0. The summed E-state index contributed by atoms with van der Waals surface area (Å²) in [4.78, 5) is 15.5. The van der Waals surface area contributed by atoms with Crippen LogP contribution in [0.2, 0.25) is 0 Å². The summed E-state index contributed by atoms with van der Waals surface area (Å²) in [6.07, 6.45) is 0. The smallest absolute Gasteiger partial charge is 0.237 e. The van der Waals surface area contributed by atoms with Crippen LogP contribution in [-0.4, -0.2) is 18.2 Å². The lowest BCUT2D eigenvalue weighted by Gasteiger charge is -2.21. The highest BCUT2D eigenvalue weighted by molar-refractivity contribution is 8.00. The monoisotopic (exact) mass is 299 g/mol. The molecule has 2 rings (SSSR count). The van der Waals surface area contributed by atoms with Crippen LogP contribution in [0.3, 0.4) is 0 Å². The second kappa shape index (κ2) is 7.32. The number of rotatable bonds is 5. The molecule has 0 aliphatic rings. The van der Waals surface area contributed by atoms with Gasteiger partial charge in [-0.3, -0.25) is 4.79 Å². The van der Waals surface area contributed by atoms with Crippen molar-refractivity contribution in [2.24, 2.45) is 0 Å². The van der Waals surface area contributed by atoms with Crippen molar-refractivity contribution in [3.8, 4) is 0 Å². The Morgan fingerprint density at radius 1 is 1.10 bits per heavy atom. The molecule has 2 nitrogen and oxygen atoms in total. The first-order valence-electron chi connectivity index (χ1n) is 7.17. The number of carbonyl (C=O) groups is 1. The van der Waals surface area contributed by atoms with Gasteiger partial charge >= 0.3 is 0 Å². The maximum atomic E-state index is 12.4. The summed E-state index contributed by atoms with van der Waals surface area (Å²) in [6.45, 7) is 6.86. The highest BCUT2D eigenvalue weighted by Gasteiger charge is 2.14. The quantitative estimate of drug-likeness (QED) is 0.760. The van der Waals surface area contributed by atoms with Gasteiger partial charge in [0.15, 0.2) is 0 Å². The van der Waals surface area contributed by atoms with E-state index in [1.54, 1.807) is 11.8 Å². The number of para-hydroxylation sites is 1. The molecule has 0 fully saturated rings. The van der Waals surface area contributed by atoms with E-state index in [2.05, 4.69) is 32.0 Å². The Morgan fingerprint density at radius 2 is 1.81 bits per heavy atom. The van der Waals surface area contributed by atoms with Crippen LogP contribution in [0.4, 0.5) is 5.69 Å². The number of amides is 1. The first-order chi connectivity index (χ1) is 10.1. The average Bonchev–Trinajstić information content (AvgIpc) is 2.50. The van der Waals surface area contributed by atoms with Crippen molar-refractivity contribution in [1.29, 1.82) is 0 Å². The normalized spacial score (nSPS) is 10.4. The van der Waals surface area contributed by atoms with E-state index in [-0.39, 0.29) is 5.91 Å². The Balaban J connectivity index is 2.05. The molecule has 2 aromatic rings. The molecule has 0 aliphatic heterocycles. The van der Waals surface area contributed by atoms with Crippen LogP contribution in [0, 0.1) is 13.8 Å². The van der Waals surface area contributed by atoms with Crippen LogP contribution in [0.5, 0.6) is 0 Å². The van der Waals surface area contributed by atoms with Gasteiger partial charge in [-0.2, -0.15) is 0 Å². The van der Waals surface area contributed by atoms with E-state index in [0.717, 1.165) is 5.69 Å². The third kappa shape index (κ3) is 4.11. The van der Waals surface area contributed by atoms with Gasteiger partial charge in [0.1, 0.15) is 0 Å². The third-order valence-electron chi connectivity index (χ3n) is 3.38. The number of thioether (sulfide) groups is 1. The number of carbonyl (C=O) groups excluding carboxylic acids is 1. The summed E-state index contributed by atoms with van der Waals surface area (Å²) in [5, 5.41) is 0. The van der Waals surface area contributed by atoms with Crippen LogP contribution in [-0.2, 0) is 4.79 Å². The van der Waals surface area contributed by atoms with Crippen molar-refractivity contribution < 1.29 is 4.79 Å². The lowest BCUT2D eigenvalue weighted by molar-refractivity contribution is -0.116. The zero-order valence-electron chi connectivity index (χ0n) is 12.8. The summed E-state index contributed by atoms with van der Waals surface area (Å²) in [7, 11) is 0. The van der Waals surface area contributed by atoms with E-state index in [1.165, 1.54) is 16.0 Å². The van der Waals surface area contributed by atoms with E-state index in [9.17, 15) is 4.79 Å². The largest absolute Gasteiger partial charge is 0.312 e. The van der Waals surface area contributed by atoms with E-state index >= 15 is 0 Å². The predicted molar refractivity (Wildman–Crippen MR) is 91.1 cm³/mol. The van der Waals surface area contributed by atoms with Gasteiger partial charge in [-0.15, -0.1) is 11.8 Å². The standard InChI is InChI=1S/C18H21NOS/c1-4-19(16-8-6-5-7-9-16)18(20)13-21-17-12-14(2)10-11-15(17)3/h5-12H,4,13H2,1-3H3. The van der Waals surface area contributed by atoms with E-state index < -0.39 is 0 Å². The molecule has 3 heteroatoms. The zero-order chi connectivity index (χ0) is 15.2. The second-order valence-electron chi connectivity index (χ2n) is 5.03. The topological polar surface area (TPSA) is 20.3 Å². The average molecular weight is 299 g/mol. The SMILES string of the molecule is CCN(C(=O)CSc1cc(C)ccc1C)c1ccccc1. The Kier molecular flexibility index (Phi) is 5.45. The van der Waals surface area contributed by atoms with Crippen LogP contribution >= 0.6 is 11.8 Å². The zero-order valence-corrected chi connectivity index (χ0v) is 13.6. The molecular weight excluding hydrogens is 278 g/mol. The van der Waals surface area contributed by atoms with Gasteiger partial charge in [0.2, 0.25) is 5.91 Å². The van der Waals surface area contributed by atoms with Crippen molar-refractivity contribution in [3.05, 3.63) is 59.7 Å². The van der Waals surface area contributed by atoms with E-state index in [1.807, 2.05) is 42.2 Å². The minimum absolute atomic E-state index is 0.148. The van der Waals surface area contributed by atoms with Crippen LogP contribution in [0.25, 0.3) is 0 Å². The molecule has 0 saturated carbocycles. The molecule has 0 heterocycles. The Hall–Kier alpha value is -1.74. The first-order valence-corrected chi connectivity index (χ1v) is 8.16. The van der Waals surface area contributed by atoms with Gasteiger partial charge in [0, 0.05) is 17.1 Å². The molecule has 0 aromatic heterocycles. The molecule has 0 N–H and O–H groups in total. The van der Waals surface area contributed by atoms with Crippen molar-refractivity contribution in [3.63, 3.8) is 0 Å². The minimum Gasteiger partial charge on any atom is -0.312 e. The molecule has 0 saturated heterocycles. The fourth-order valence-corrected chi connectivity index (χ4v) is 3.19. The second-order valence-corrected chi connectivity index (χ2v) is 6.05. The summed E-state index contributed by atoms with van der Waals surface area (Å²) < 4.78 is 0. The maximum absolute atomic E-state index is 12.4. The molecule has 0 radical (unpaired) electrons.